The normalized spacial score (nSPS) is 21.5. The molecule has 1 fully saturated rings. The third kappa shape index (κ3) is 4.08. The SMILES string of the molecule is Cc1cc(C)n2nc(CC(=O)NC3CCCC(C(F)(F)F)C3)nc2n1. The number of fused-ring (bicyclic) bond motifs is 1. The standard InChI is InChI=1S/C16H20F3N5O/c1-9-6-10(2)24-15(20-9)22-13(23-24)8-14(25)21-12-5-3-4-11(7-12)16(17,18)19/h6,11-12H,3-5,7-8H2,1-2H3,(H,21,25). The first kappa shape index (κ1) is 17.6. The summed E-state index contributed by atoms with van der Waals surface area (Å²) in [5, 5.41) is 6.93. The van der Waals surface area contributed by atoms with Crippen LogP contribution < -0.4 is 5.32 Å². The van der Waals surface area contributed by atoms with Gasteiger partial charge in [0.15, 0.2) is 5.82 Å². The maximum atomic E-state index is 12.8. The molecule has 1 aliphatic rings. The van der Waals surface area contributed by atoms with E-state index in [1.54, 1.807) is 4.52 Å². The number of halogens is 3. The summed E-state index contributed by atoms with van der Waals surface area (Å²) >= 11 is 0. The van der Waals surface area contributed by atoms with E-state index in [0.29, 0.717) is 24.4 Å². The number of hydrogen-bond acceptors (Lipinski definition) is 4. The van der Waals surface area contributed by atoms with Crippen molar-refractivity contribution in [1.29, 1.82) is 0 Å². The minimum Gasteiger partial charge on any atom is -0.353 e. The molecular weight excluding hydrogens is 335 g/mol. The molecule has 2 aromatic rings. The van der Waals surface area contributed by atoms with Crippen LogP contribution in [0.15, 0.2) is 6.07 Å². The first-order chi connectivity index (χ1) is 11.7. The average Bonchev–Trinajstić information content (AvgIpc) is 2.89. The number of carbonyl (C=O) groups excluding carboxylic acids is 1. The Morgan fingerprint density at radius 3 is 2.80 bits per heavy atom. The van der Waals surface area contributed by atoms with Gasteiger partial charge in [-0.2, -0.15) is 18.2 Å². The molecular formula is C16H20F3N5O. The van der Waals surface area contributed by atoms with E-state index in [2.05, 4.69) is 20.4 Å². The Balaban J connectivity index is 1.64. The van der Waals surface area contributed by atoms with E-state index in [9.17, 15) is 18.0 Å². The lowest BCUT2D eigenvalue weighted by Crippen LogP contribution is -2.42. The quantitative estimate of drug-likeness (QED) is 0.918. The molecule has 0 saturated heterocycles. The van der Waals surface area contributed by atoms with Crippen molar-refractivity contribution in [3.05, 3.63) is 23.3 Å². The van der Waals surface area contributed by atoms with Gasteiger partial charge >= 0.3 is 6.18 Å². The van der Waals surface area contributed by atoms with Gasteiger partial charge in [-0.15, -0.1) is 5.10 Å². The molecule has 25 heavy (non-hydrogen) atoms. The van der Waals surface area contributed by atoms with E-state index < -0.39 is 18.1 Å². The molecule has 0 aliphatic heterocycles. The van der Waals surface area contributed by atoms with Gasteiger partial charge in [-0.1, -0.05) is 6.42 Å². The summed E-state index contributed by atoms with van der Waals surface area (Å²) in [7, 11) is 0. The highest BCUT2D eigenvalue weighted by Crippen LogP contribution is 2.37. The molecule has 6 nitrogen and oxygen atoms in total. The summed E-state index contributed by atoms with van der Waals surface area (Å²) in [5.41, 5.74) is 1.65. The molecule has 2 unspecified atom stereocenters. The second-order valence-corrected chi connectivity index (χ2v) is 6.63. The third-order valence-corrected chi connectivity index (χ3v) is 4.48. The van der Waals surface area contributed by atoms with Gasteiger partial charge in [0.2, 0.25) is 5.91 Å². The van der Waals surface area contributed by atoms with Crippen LogP contribution in [0.3, 0.4) is 0 Å². The number of alkyl halides is 3. The molecule has 0 radical (unpaired) electrons. The van der Waals surface area contributed by atoms with Gasteiger partial charge in [-0.05, 0) is 39.2 Å². The van der Waals surface area contributed by atoms with Crippen molar-refractivity contribution in [3.63, 3.8) is 0 Å². The predicted molar refractivity (Wildman–Crippen MR) is 83.9 cm³/mol. The van der Waals surface area contributed by atoms with Crippen molar-refractivity contribution in [1.82, 2.24) is 24.9 Å². The highest BCUT2D eigenvalue weighted by molar-refractivity contribution is 5.78. The molecule has 1 N–H and O–H groups in total. The second-order valence-electron chi connectivity index (χ2n) is 6.63. The zero-order valence-electron chi connectivity index (χ0n) is 14.1. The minimum absolute atomic E-state index is 0.0618. The van der Waals surface area contributed by atoms with Crippen LogP contribution in [0.5, 0.6) is 0 Å². The maximum Gasteiger partial charge on any atom is 0.391 e. The van der Waals surface area contributed by atoms with Crippen molar-refractivity contribution >= 4 is 11.7 Å². The first-order valence-electron chi connectivity index (χ1n) is 8.28. The van der Waals surface area contributed by atoms with E-state index in [4.69, 9.17) is 0 Å². The van der Waals surface area contributed by atoms with Crippen LogP contribution in [-0.4, -0.2) is 37.7 Å². The summed E-state index contributed by atoms with van der Waals surface area (Å²) in [6.45, 7) is 3.70. The van der Waals surface area contributed by atoms with Crippen molar-refractivity contribution in [2.75, 3.05) is 0 Å². The Morgan fingerprint density at radius 1 is 1.32 bits per heavy atom. The van der Waals surface area contributed by atoms with Crippen LogP contribution in [-0.2, 0) is 11.2 Å². The van der Waals surface area contributed by atoms with Crippen LogP contribution in [0, 0.1) is 19.8 Å². The van der Waals surface area contributed by atoms with Gasteiger partial charge in [-0.25, -0.2) is 9.50 Å². The summed E-state index contributed by atoms with van der Waals surface area (Å²) in [6.07, 6.45) is -3.18. The van der Waals surface area contributed by atoms with E-state index >= 15 is 0 Å². The summed E-state index contributed by atoms with van der Waals surface area (Å²) in [6, 6.07) is 1.40. The highest BCUT2D eigenvalue weighted by atomic mass is 19.4. The molecule has 0 bridgehead atoms. The molecule has 9 heteroatoms. The number of rotatable bonds is 3. The summed E-state index contributed by atoms with van der Waals surface area (Å²) in [4.78, 5) is 20.6. The zero-order chi connectivity index (χ0) is 18.2. The summed E-state index contributed by atoms with van der Waals surface area (Å²) < 4.78 is 40.1. The van der Waals surface area contributed by atoms with E-state index in [1.165, 1.54) is 0 Å². The first-order valence-corrected chi connectivity index (χ1v) is 8.28. The lowest BCUT2D eigenvalue weighted by atomic mass is 9.85. The Kier molecular flexibility index (Phi) is 4.66. The monoisotopic (exact) mass is 355 g/mol. The Bertz CT molecular complexity index is 786. The highest BCUT2D eigenvalue weighted by Gasteiger charge is 2.42. The van der Waals surface area contributed by atoms with Crippen LogP contribution in [0.25, 0.3) is 5.78 Å². The molecule has 2 atom stereocenters. The zero-order valence-corrected chi connectivity index (χ0v) is 14.1. The number of amides is 1. The molecule has 2 heterocycles. The van der Waals surface area contributed by atoms with Gasteiger partial charge in [0, 0.05) is 17.4 Å². The molecule has 0 aromatic carbocycles. The average molecular weight is 355 g/mol. The lowest BCUT2D eigenvalue weighted by molar-refractivity contribution is -0.184. The molecule has 1 aliphatic carbocycles. The number of carbonyl (C=O) groups is 1. The van der Waals surface area contributed by atoms with Crippen molar-refractivity contribution in [2.45, 2.75) is 58.2 Å². The number of nitrogens with one attached hydrogen (secondary N) is 1. The smallest absolute Gasteiger partial charge is 0.353 e. The minimum atomic E-state index is -4.20. The fourth-order valence-corrected chi connectivity index (χ4v) is 3.32. The van der Waals surface area contributed by atoms with Gasteiger partial charge in [-0.3, -0.25) is 4.79 Å². The molecule has 3 rings (SSSR count). The lowest BCUT2D eigenvalue weighted by Gasteiger charge is -2.30. The Labute approximate surface area is 142 Å². The second kappa shape index (κ2) is 6.61. The third-order valence-electron chi connectivity index (χ3n) is 4.48. The molecule has 0 spiro atoms. The molecule has 136 valence electrons. The van der Waals surface area contributed by atoms with Gasteiger partial charge in [0.1, 0.15) is 0 Å². The van der Waals surface area contributed by atoms with Crippen molar-refractivity contribution in [2.24, 2.45) is 5.92 Å². The fraction of sp³-hybridized carbons (Fsp3) is 0.625. The van der Waals surface area contributed by atoms with Gasteiger partial charge in [0.05, 0.1) is 12.3 Å². The van der Waals surface area contributed by atoms with Crippen LogP contribution in [0.2, 0.25) is 0 Å². The number of nitrogens with zero attached hydrogens (tertiary/aromatic N) is 4. The summed E-state index contributed by atoms with van der Waals surface area (Å²) in [5.74, 6) is -0.982. The number of hydrogen-bond donors (Lipinski definition) is 1. The van der Waals surface area contributed by atoms with Crippen LogP contribution in [0.1, 0.15) is 42.9 Å². The van der Waals surface area contributed by atoms with E-state index in [1.807, 2.05) is 19.9 Å². The largest absolute Gasteiger partial charge is 0.391 e. The van der Waals surface area contributed by atoms with E-state index in [0.717, 1.165) is 11.4 Å². The number of aromatic nitrogens is 4. The van der Waals surface area contributed by atoms with Crippen molar-refractivity contribution < 1.29 is 18.0 Å². The predicted octanol–water partition coefficient (Wildman–Crippen LogP) is 2.52. The van der Waals surface area contributed by atoms with Crippen LogP contribution >= 0.6 is 0 Å². The van der Waals surface area contributed by atoms with Gasteiger partial charge in [0.25, 0.3) is 5.78 Å². The maximum absolute atomic E-state index is 12.8. The fourth-order valence-electron chi connectivity index (χ4n) is 3.32. The molecule has 1 amide bonds. The van der Waals surface area contributed by atoms with E-state index in [-0.39, 0.29) is 25.2 Å². The number of aryl methyl sites for hydroxylation is 2. The Morgan fingerprint density at radius 2 is 2.08 bits per heavy atom. The Hall–Kier alpha value is -2.19. The van der Waals surface area contributed by atoms with Crippen molar-refractivity contribution in [3.8, 4) is 0 Å². The van der Waals surface area contributed by atoms with Gasteiger partial charge < -0.3 is 5.32 Å². The molecule has 2 aromatic heterocycles. The topological polar surface area (TPSA) is 72.2 Å². The molecule has 1 saturated carbocycles. The van der Waals surface area contributed by atoms with Crippen LogP contribution in [0.4, 0.5) is 13.2 Å².